The number of rotatable bonds is 3. The number of nitrogens with one attached hydrogen (secondary N) is 1. The third-order valence-electron chi connectivity index (χ3n) is 2.23. The van der Waals surface area contributed by atoms with E-state index in [1.807, 2.05) is 42.5 Å². The van der Waals surface area contributed by atoms with E-state index >= 15 is 0 Å². The van der Waals surface area contributed by atoms with Gasteiger partial charge in [0.2, 0.25) is 0 Å². The van der Waals surface area contributed by atoms with Crippen molar-refractivity contribution in [3.63, 3.8) is 0 Å². The normalized spacial score (nSPS) is 10.8. The summed E-state index contributed by atoms with van der Waals surface area (Å²) in [4.78, 5) is 10.3. The number of aliphatic carboxylic acids is 1. The largest absolute Gasteiger partial charge is 0.478 e. The molecule has 0 saturated heterocycles. The van der Waals surface area contributed by atoms with Crippen molar-refractivity contribution in [3.05, 3.63) is 54.7 Å². The van der Waals surface area contributed by atoms with Gasteiger partial charge in [-0.25, -0.2) is 4.79 Å². The van der Waals surface area contributed by atoms with Gasteiger partial charge in [0, 0.05) is 18.0 Å². The van der Waals surface area contributed by atoms with E-state index < -0.39 is 5.97 Å². The number of anilines is 1. The fraction of sp³-hybridized carbons (Fsp3) is 0. The van der Waals surface area contributed by atoms with E-state index in [0.717, 1.165) is 22.5 Å². The molecule has 2 rings (SSSR count). The molecule has 0 aliphatic heterocycles. The quantitative estimate of drug-likeness (QED) is 0.771. The van der Waals surface area contributed by atoms with Gasteiger partial charge >= 0.3 is 5.97 Å². The van der Waals surface area contributed by atoms with Crippen LogP contribution in [0.15, 0.2) is 54.7 Å². The highest BCUT2D eigenvalue weighted by Crippen LogP contribution is 2.18. The van der Waals surface area contributed by atoms with Crippen LogP contribution in [0.3, 0.4) is 0 Å². The summed E-state index contributed by atoms with van der Waals surface area (Å²) < 4.78 is 0. The third kappa shape index (κ3) is 2.39. The zero-order valence-corrected chi connectivity index (χ0v) is 8.55. The Bertz CT molecular complexity index is 546. The molecule has 0 heterocycles. The van der Waals surface area contributed by atoms with E-state index in [1.165, 1.54) is 6.20 Å². The molecule has 3 heteroatoms. The highest BCUT2D eigenvalue weighted by atomic mass is 16.4. The number of fused-ring (bicyclic) bond motifs is 1. The van der Waals surface area contributed by atoms with E-state index in [4.69, 9.17) is 5.11 Å². The highest BCUT2D eigenvalue weighted by Gasteiger charge is 1.93. The van der Waals surface area contributed by atoms with Crippen molar-refractivity contribution in [2.75, 3.05) is 5.32 Å². The molecule has 2 aromatic carbocycles. The van der Waals surface area contributed by atoms with Crippen LogP contribution < -0.4 is 5.32 Å². The van der Waals surface area contributed by atoms with Gasteiger partial charge in [-0.15, -0.1) is 0 Å². The summed E-state index contributed by atoms with van der Waals surface area (Å²) in [5.41, 5.74) is 0.871. The van der Waals surface area contributed by atoms with Gasteiger partial charge in [0.15, 0.2) is 0 Å². The number of hydrogen-bond acceptors (Lipinski definition) is 2. The van der Waals surface area contributed by atoms with Gasteiger partial charge in [0.1, 0.15) is 0 Å². The van der Waals surface area contributed by atoms with Crippen molar-refractivity contribution in [1.29, 1.82) is 0 Å². The molecule has 0 radical (unpaired) electrons. The number of hydrogen-bond donors (Lipinski definition) is 2. The van der Waals surface area contributed by atoms with Crippen LogP contribution in [0.5, 0.6) is 0 Å². The van der Waals surface area contributed by atoms with E-state index in [2.05, 4.69) is 5.32 Å². The Kier molecular flexibility index (Phi) is 2.87. The maximum Gasteiger partial charge on any atom is 0.329 e. The second-order valence-electron chi connectivity index (χ2n) is 3.38. The van der Waals surface area contributed by atoms with Gasteiger partial charge in [-0.1, -0.05) is 30.3 Å². The lowest BCUT2D eigenvalue weighted by molar-refractivity contribution is -0.131. The number of carbonyl (C=O) groups is 1. The number of carboxylic acid groups (broad SMARTS) is 1. The Morgan fingerprint density at radius 2 is 1.88 bits per heavy atom. The molecule has 2 N–H and O–H groups in total. The number of carboxylic acids is 1. The summed E-state index contributed by atoms with van der Waals surface area (Å²) in [6, 6.07) is 13.9. The molecule has 0 atom stereocenters. The summed E-state index contributed by atoms with van der Waals surface area (Å²) in [5.74, 6) is -0.965. The molecular weight excluding hydrogens is 202 g/mol. The molecule has 0 saturated carbocycles. The Labute approximate surface area is 93.0 Å². The fourth-order valence-electron chi connectivity index (χ4n) is 1.49. The van der Waals surface area contributed by atoms with E-state index in [1.54, 1.807) is 0 Å². The maximum atomic E-state index is 10.3. The molecule has 80 valence electrons. The average molecular weight is 213 g/mol. The summed E-state index contributed by atoms with van der Waals surface area (Å²) in [5, 5.41) is 13.6. The minimum absolute atomic E-state index is 0.871. The highest BCUT2D eigenvalue weighted by molar-refractivity contribution is 5.86. The first-order valence-corrected chi connectivity index (χ1v) is 4.90. The van der Waals surface area contributed by atoms with Crippen molar-refractivity contribution in [1.82, 2.24) is 0 Å². The standard InChI is InChI=1S/C13H11NO2/c15-13(16)7-8-14-12-6-5-10-3-1-2-4-11(10)9-12/h1-9,14H,(H,15,16). The van der Waals surface area contributed by atoms with Crippen LogP contribution in [-0.2, 0) is 4.79 Å². The molecule has 2 aromatic rings. The van der Waals surface area contributed by atoms with Crippen LogP contribution in [0.4, 0.5) is 5.69 Å². The van der Waals surface area contributed by atoms with Crippen molar-refractivity contribution in [2.24, 2.45) is 0 Å². The maximum absolute atomic E-state index is 10.3. The molecular formula is C13H11NO2. The summed E-state index contributed by atoms with van der Waals surface area (Å²) >= 11 is 0. The predicted octanol–water partition coefficient (Wildman–Crippen LogP) is 2.85. The van der Waals surface area contributed by atoms with Crippen LogP contribution in [0.1, 0.15) is 0 Å². The van der Waals surface area contributed by atoms with Crippen molar-refractivity contribution < 1.29 is 9.90 Å². The average Bonchev–Trinajstić information content (AvgIpc) is 2.28. The van der Waals surface area contributed by atoms with Crippen molar-refractivity contribution in [3.8, 4) is 0 Å². The molecule has 3 nitrogen and oxygen atoms in total. The summed E-state index contributed by atoms with van der Waals surface area (Å²) in [6.45, 7) is 0. The second-order valence-corrected chi connectivity index (χ2v) is 3.38. The van der Waals surface area contributed by atoms with Crippen LogP contribution in [0.25, 0.3) is 10.8 Å². The topological polar surface area (TPSA) is 49.3 Å². The molecule has 0 aromatic heterocycles. The van der Waals surface area contributed by atoms with Gasteiger partial charge in [0.25, 0.3) is 0 Å². The van der Waals surface area contributed by atoms with Gasteiger partial charge in [0.05, 0.1) is 0 Å². The Balaban J connectivity index is 2.23. The van der Waals surface area contributed by atoms with E-state index in [-0.39, 0.29) is 0 Å². The first kappa shape index (κ1) is 10.2. The van der Waals surface area contributed by atoms with E-state index in [0.29, 0.717) is 0 Å². The van der Waals surface area contributed by atoms with Gasteiger partial charge in [-0.2, -0.15) is 0 Å². The van der Waals surface area contributed by atoms with Gasteiger partial charge < -0.3 is 10.4 Å². The smallest absolute Gasteiger partial charge is 0.329 e. The minimum Gasteiger partial charge on any atom is -0.478 e. The fourth-order valence-corrected chi connectivity index (χ4v) is 1.49. The first-order valence-electron chi connectivity index (χ1n) is 4.90. The molecule has 0 aliphatic rings. The van der Waals surface area contributed by atoms with Crippen LogP contribution >= 0.6 is 0 Å². The molecule has 0 amide bonds. The van der Waals surface area contributed by atoms with Crippen LogP contribution in [0, 0.1) is 0 Å². The first-order chi connectivity index (χ1) is 7.75. The second kappa shape index (κ2) is 4.49. The zero-order chi connectivity index (χ0) is 11.4. The zero-order valence-electron chi connectivity index (χ0n) is 8.55. The van der Waals surface area contributed by atoms with Crippen LogP contribution in [0.2, 0.25) is 0 Å². The molecule has 16 heavy (non-hydrogen) atoms. The Morgan fingerprint density at radius 3 is 2.62 bits per heavy atom. The number of benzene rings is 2. The van der Waals surface area contributed by atoms with E-state index in [9.17, 15) is 4.79 Å². The lowest BCUT2D eigenvalue weighted by atomic mass is 10.1. The van der Waals surface area contributed by atoms with Crippen molar-refractivity contribution in [2.45, 2.75) is 0 Å². The lowest BCUT2D eigenvalue weighted by Gasteiger charge is -2.02. The van der Waals surface area contributed by atoms with Gasteiger partial charge in [-0.3, -0.25) is 0 Å². The Hall–Kier alpha value is -2.29. The molecule has 0 bridgehead atoms. The lowest BCUT2D eigenvalue weighted by Crippen LogP contribution is -1.92. The molecule has 0 spiro atoms. The summed E-state index contributed by atoms with van der Waals surface area (Å²) in [6.07, 6.45) is 2.47. The SMILES string of the molecule is O=C(O)C=CNc1ccc2ccccc2c1. The van der Waals surface area contributed by atoms with Crippen LogP contribution in [-0.4, -0.2) is 11.1 Å². The third-order valence-corrected chi connectivity index (χ3v) is 2.23. The van der Waals surface area contributed by atoms with Gasteiger partial charge in [-0.05, 0) is 22.9 Å². The minimum atomic E-state index is -0.965. The summed E-state index contributed by atoms with van der Waals surface area (Å²) in [7, 11) is 0. The monoisotopic (exact) mass is 213 g/mol. The molecule has 0 aliphatic carbocycles. The molecule has 0 unspecified atom stereocenters. The predicted molar refractivity (Wildman–Crippen MR) is 64.3 cm³/mol. The Morgan fingerprint density at radius 1 is 1.12 bits per heavy atom. The van der Waals surface area contributed by atoms with Crippen molar-refractivity contribution >= 4 is 22.4 Å². The molecule has 0 fully saturated rings.